The molecule has 0 fully saturated rings. The molecule has 0 heterocycles. The molecule has 142 valence electrons. The van der Waals surface area contributed by atoms with E-state index in [1.165, 1.54) is 37.4 Å². The molecular weight excluding hydrogens is 362 g/mol. The molecule has 0 radical (unpaired) electrons. The molecule has 0 aliphatic heterocycles. The van der Waals surface area contributed by atoms with E-state index in [1.807, 2.05) is 12.1 Å². The number of carbonyl (C=O) groups excluding carboxylic acids is 3. The number of nitrogens with one attached hydrogen (secondary N) is 1. The van der Waals surface area contributed by atoms with Crippen molar-refractivity contribution in [3.05, 3.63) is 71.8 Å². The maximum absolute atomic E-state index is 12.2. The maximum atomic E-state index is 12.2. The molecule has 0 spiro atoms. The number of amides is 1. The third-order valence-electron chi connectivity index (χ3n) is 4.04. The van der Waals surface area contributed by atoms with Gasteiger partial charge in [-0.1, -0.05) is 30.3 Å². The number of aromatic hydroxyl groups is 1. The summed E-state index contributed by atoms with van der Waals surface area (Å²) in [5.41, 5.74) is 0.759. The SMILES string of the molecule is COC(=O)c1ccc(NC(=O)COC(=O)c2ccc3ccccc3c2O)cc1. The van der Waals surface area contributed by atoms with Crippen LogP contribution in [0.5, 0.6) is 5.75 Å². The van der Waals surface area contributed by atoms with Gasteiger partial charge in [0.05, 0.1) is 12.7 Å². The van der Waals surface area contributed by atoms with Gasteiger partial charge < -0.3 is 19.9 Å². The predicted molar refractivity (Wildman–Crippen MR) is 102 cm³/mol. The van der Waals surface area contributed by atoms with Crippen LogP contribution in [0.2, 0.25) is 0 Å². The Hall–Kier alpha value is -3.87. The van der Waals surface area contributed by atoms with Gasteiger partial charge in [-0.2, -0.15) is 0 Å². The lowest BCUT2D eigenvalue weighted by atomic mass is 10.1. The Labute approximate surface area is 160 Å². The Kier molecular flexibility index (Phi) is 5.55. The van der Waals surface area contributed by atoms with E-state index in [0.717, 1.165) is 5.39 Å². The van der Waals surface area contributed by atoms with Gasteiger partial charge in [0, 0.05) is 11.1 Å². The summed E-state index contributed by atoms with van der Waals surface area (Å²) in [7, 11) is 1.28. The monoisotopic (exact) mass is 379 g/mol. The van der Waals surface area contributed by atoms with E-state index in [-0.39, 0.29) is 11.3 Å². The Morgan fingerprint density at radius 3 is 2.36 bits per heavy atom. The van der Waals surface area contributed by atoms with E-state index in [2.05, 4.69) is 10.1 Å². The summed E-state index contributed by atoms with van der Waals surface area (Å²) in [6, 6.07) is 16.3. The summed E-state index contributed by atoms with van der Waals surface area (Å²) in [5.74, 6) is -2.04. The van der Waals surface area contributed by atoms with E-state index in [9.17, 15) is 19.5 Å². The number of benzene rings is 3. The molecule has 3 rings (SSSR count). The summed E-state index contributed by atoms with van der Waals surface area (Å²) in [6.07, 6.45) is 0. The molecule has 3 aromatic rings. The fraction of sp³-hybridized carbons (Fsp3) is 0.0952. The number of anilines is 1. The first kappa shape index (κ1) is 18.9. The molecule has 2 N–H and O–H groups in total. The van der Waals surface area contributed by atoms with Crippen LogP contribution in [-0.4, -0.2) is 36.7 Å². The third kappa shape index (κ3) is 4.09. The van der Waals surface area contributed by atoms with Gasteiger partial charge in [-0.25, -0.2) is 9.59 Å². The Balaban J connectivity index is 1.61. The van der Waals surface area contributed by atoms with Crippen LogP contribution in [-0.2, 0) is 14.3 Å². The molecular formula is C21H17NO6. The molecule has 7 heteroatoms. The fourth-order valence-corrected chi connectivity index (χ4v) is 2.63. The number of phenolic OH excluding ortho intramolecular Hbond substituents is 1. The van der Waals surface area contributed by atoms with Crippen LogP contribution in [0.25, 0.3) is 10.8 Å². The number of methoxy groups -OCH3 is 1. The second kappa shape index (κ2) is 8.22. The largest absolute Gasteiger partial charge is 0.506 e. The van der Waals surface area contributed by atoms with Crippen molar-refractivity contribution in [2.75, 3.05) is 19.0 Å². The minimum absolute atomic E-state index is 0.0195. The Morgan fingerprint density at radius 1 is 0.929 bits per heavy atom. The lowest BCUT2D eigenvalue weighted by Gasteiger charge is -2.09. The van der Waals surface area contributed by atoms with Gasteiger partial charge in [0.2, 0.25) is 0 Å². The summed E-state index contributed by atoms with van der Waals surface area (Å²) in [6.45, 7) is -0.524. The van der Waals surface area contributed by atoms with Crippen LogP contribution in [0, 0.1) is 0 Å². The second-order valence-corrected chi connectivity index (χ2v) is 5.88. The number of hydrogen-bond donors (Lipinski definition) is 2. The molecule has 28 heavy (non-hydrogen) atoms. The first-order valence-corrected chi connectivity index (χ1v) is 8.35. The van der Waals surface area contributed by atoms with Gasteiger partial charge in [-0.15, -0.1) is 0 Å². The average molecular weight is 379 g/mol. The smallest absolute Gasteiger partial charge is 0.342 e. The highest BCUT2D eigenvalue weighted by molar-refractivity contribution is 6.02. The third-order valence-corrected chi connectivity index (χ3v) is 4.04. The van der Waals surface area contributed by atoms with Gasteiger partial charge in [0.15, 0.2) is 6.61 Å². The molecule has 0 aromatic heterocycles. The zero-order chi connectivity index (χ0) is 20.1. The highest BCUT2D eigenvalue weighted by Gasteiger charge is 2.16. The van der Waals surface area contributed by atoms with Gasteiger partial charge in [0.1, 0.15) is 11.3 Å². The van der Waals surface area contributed by atoms with E-state index in [4.69, 9.17) is 4.74 Å². The zero-order valence-electron chi connectivity index (χ0n) is 15.0. The number of esters is 2. The van der Waals surface area contributed by atoms with Crippen LogP contribution < -0.4 is 5.32 Å². The number of fused-ring (bicyclic) bond motifs is 1. The first-order valence-electron chi connectivity index (χ1n) is 8.35. The molecule has 0 saturated carbocycles. The molecule has 0 bridgehead atoms. The van der Waals surface area contributed by atoms with Crippen molar-refractivity contribution in [3.63, 3.8) is 0 Å². The van der Waals surface area contributed by atoms with Crippen molar-refractivity contribution in [1.29, 1.82) is 0 Å². The lowest BCUT2D eigenvalue weighted by molar-refractivity contribution is -0.119. The summed E-state index contributed by atoms with van der Waals surface area (Å²) >= 11 is 0. The molecule has 0 aliphatic carbocycles. The molecule has 0 atom stereocenters. The van der Waals surface area contributed by atoms with Crippen molar-refractivity contribution >= 4 is 34.3 Å². The number of ether oxygens (including phenoxy) is 2. The van der Waals surface area contributed by atoms with E-state index >= 15 is 0 Å². The summed E-state index contributed by atoms with van der Waals surface area (Å²) < 4.78 is 9.58. The molecule has 0 aliphatic rings. The fourth-order valence-electron chi connectivity index (χ4n) is 2.63. The van der Waals surface area contributed by atoms with Crippen LogP contribution in [0.15, 0.2) is 60.7 Å². The molecule has 0 unspecified atom stereocenters. The van der Waals surface area contributed by atoms with E-state index in [1.54, 1.807) is 18.2 Å². The number of hydrogen-bond acceptors (Lipinski definition) is 6. The van der Waals surface area contributed by atoms with Crippen LogP contribution in [0.1, 0.15) is 20.7 Å². The number of rotatable bonds is 5. The van der Waals surface area contributed by atoms with Crippen molar-refractivity contribution in [2.45, 2.75) is 0 Å². The Morgan fingerprint density at radius 2 is 1.64 bits per heavy atom. The van der Waals surface area contributed by atoms with Crippen molar-refractivity contribution < 1.29 is 29.0 Å². The Bertz CT molecular complexity index is 1040. The zero-order valence-corrected chi connectivity index (χ0v) is 15.0. The van der Waals surface area contributed by atoms with Crippen molar-refractivity contribution in [1.82, 2.24) is 0 Å². The van der Waals surface area contributed by atoms with Crippen LogP contribution >= 0.6 is 0 Å². The van der Waals surface area contributed by atoms with Gasteiger partial charge >= 0.3 is 11.9 Å². The summed E-state index contributed by atoms with van der Waals surface area (Å²) in [4.78, 5) is 35.6. The topological polar surface area (TPSA) is 102 Å². The van der Waals surface area contributed by atoms with E-state index < -0.39 is 24.5 Å². The van der Waals surface area contributed by atoms with Crippen molar-refractivity contribution in [2.24, 2.45) is 0 Å². The molecule has 0 saturated heterocycles. The van der Waals surface area contributed by atoms with Gasteiger partial charge in [-0.05, 0) is 35.7 Å². The van der Waals surface area contributed by atoms with Gasteiger partial charge in [-0.3, -0.25) is 4.79 Å². The quantitative estimate of drug-likeness (QED) is 0.661. The van der Waals surface area contributed by atoms with Crippen LogP contribution in [0.3, 0.4) is 0 Å². The average Bonchev–Trinajstić information content (AvgIpc) is 2.72. The minimum Gasteiger partial charge on any atom is -0.506 e. The minimum atomic E-state index is -0.806. The van der Waals surface area contributed by atoms with Gasteiger partial charge in [0.25, 0.3) is 5.91 Å². The molecule has 7 nitrogen and oxygen atoms in total. The van der Waals surface area contributed by atoms with Crippen LogP contribution in [0.4, 0.5) is 5.69 Å². The standard InChI is InChI=1S/C21H17NO6/c1-27-20(25)14-6-9-15(10-7-14)22-18(23)12-28-21(26)17-11-8-13-4-2-3-5-16(13)19(17)24/h2-11,24H,12H2,1H3,(H,22,23). The first-order chi connectivity index (χ1) is 13.5. The van der Waals surface area contributed by atoms with Crippen molar-refractivity contribution in [3.8, 4) is 5.75 Å². The maximum Gasteiger partial charge on any atom is 0.342 e. The van der Waals surface area contributed by atoms with E-state index in [0.29, 0.717) is 16.6 Å². The normalized spacial score (nSPS) is 10.3. The molecule has 3 aromatic carbocycles. The highest BCUT2D eigenvalue weighted by Crippen LogP contribution is 2.28. The summed E-state index contributed by atoms with van der Waals surface area (Å²) in [5, 5.41) is 14.1. The highest BCUT2D eigenvalue weighted by atomic mass is 16.5. The predicted octanol–water partition coefficient (Wildman–Crippen LogP) is 3.13. The second-order valence-electron chi connectivity index (χ2n) is 5.88. The number of carbonyl (C=O) groups is 3. The number of phenols is 1. The lowest BCUT2D eigenvalue weighted by Crippen LogP contribution is -2.21. The molecule has 1 amide bonds.